The van der Waals surface area contributed by atoms with Gasteiger partial charge in [0.1, 0.15) is 5.15 Å². The van der Waals surface area contributed by atoms with E-state index in [4.69, 9.17) is 17.3 Å². The molecular weight excluding hydrogens is 382 g/mol. The summed E-state index contributed by atoms with van der Waals surface area (Å²) in [6.07, 6.45) is 7.47. The number of nitrogens with two attached hydrogens (primary N) is 1. The SMILES string of the molecule is N[C@H]1CCCCCC[C@H]1c1cc2nc(Cl)cc(NCc3cccs3)c2s1. The van der Waals surface area contributed by atoms with Crippen LogP contribution in [0, 0.1) is 0 Å². The summed E-state index contributed by atoms with van der Waals surface area (Å²) in [5, 5.41) is 6.19. The molecule has 1 aliphatic carbocycles. The Morgan fingerprint density at radius 3 is 2.85 bits per heavy atom. The third kappa shape index (κ3) is 4.06. The maximum atomic E-state index is 6.54. The molecule has 6 heteroatoms. The fourth-order valence-corrected chi connectivity index (χ4v) is 5.93. The lowest BCUT2D eigenvalue weighted by Crippen LogP contribution is -2.28. The lowest BCUT2D eigenvalue weighted by atomic mass is 9.86. The number of aromatic nitrogens is 1. The number of fused-ring (bicyclic) bond motifs is 1. The normalized spacial score (nSPS) is 21.5. The summed E-state index contributed by atoms with van der Waals surface area (Å²) in [5.41, 5.74) is 8.60. The quantitative estimate of drug-likeness (QED) is 0.494. The van der Waals surface area contributed by atoms with Crippen LogP contribution >= 0.6 is 34.3 Å². The van der Waals surface area contributed by atoms with E-state index >= 15 is 0 Å². The topological polar surface area (TPSA) is 50.9 Å². The van der Waals surface area contributed by atoms with E-state index in [1.807, 2.05) is 17.4 Å². The van der Waals surface area contributed by atoms with E-state index in [2.05, 4.69) is 33.9 Å². The Hall–Kier alpha value is -1.14. The molecule has 4 rings (SSSR count). The summed E-state index contributed by atoms with van der Waals surface area (Å²) < 4.78 is 1.19. The lowest BCUT2D eigenvalue weighted by Gasteiger charge is -2.25. The molecule has 1 aliphatic rings. The summed E-state index contributed by atoms with van der Waals surface area (Å²) in [7, 11) is 0. The molecule has 26 heavy (non-hydrogen) atoms. The van der Waals surface area contributed by atoms with Crippen molar-refractivity contribution in [2.24, 2.45) is 5.73 Å². The second-order valence-electron chi connectivity index (χ2n) is 7.05. The molecule has 1 saturated carbocycles. The van der Waals surface area contributed by atoms with E-state index < -0.39 is 0 Å². The predicted molar refractivity (Wildman–Crippen MR) is 115 cm³/mol. The van der Waals surface area contributed by atoms with E-state index in [9.17, 15) is 0 Å². The molecule has 0 aliphatic heterocycles. The molecule has 0 saturated heterocycles. The summed E-state index contributed by atoms with van der Waals surface area (Å²) >= 11 is 9.88. The Morgan fingerprint density at radius 1 is 1.19 bits per heavy atom. The van der Waals surface area contributed by atoms with Gasteiger partial charge in [0.05, 0.1) is 15.9 Å². The molecular formula is C20H24ClN3S2. The number of nitrogens with one attached hydrogen (secondary N) is 1. The molecule has 0 unspecified atom stereocenters. The second kappa shape index (κ2) is 8.26. The van der Waals surface area contributed by atoms with Crippen LogP contribution in [0.5, 0.6) is 0 Å². The number of hydrogen-bond acceptors (Lipinski definition) is 5. The Morgan fingerprint density at radius 2 is 2.04 bits per heavy atom. The number of nitrogens with zero attached hydrogens (tertiary/aromatic N) is 1. The molecule has 0 radical (unpaired) electrons. The van der Waals surface area contributed by atoms with Crippen LogP contribution in [-0.4, -0.2) is 11.0 Å². The first-order valence-corrected chi connectivity index (χ1v) is 11.4. The Balaban J connectivity index is 1.63. The van der Waals surface area contributed by atoms with Crippen molar-refractivity contribution in [3.8, 4) is 0 Å². The molecule has 3 aromatic rings. The van der Waals surface area contributed by atoms with Crippen LogP contribution in [0.4, 0.5) is 5.69 Å². The third-order valence-electron chi connectivity index (χ3n) is 5.18. The van der Waals surface area contributed by atoms with Crippen LogP contribution in [0.2, 0.25) is 5.15 Å². The van der Waals surface area contributed by atoms with Gasteiger partial charge in [-0.1, -0.05) is 43.4 Å². The Kier molecular flexibility index (Phi) is 5.79. The molecule has 138 valence electrons. The molecule has 1 fully saturated rings. The van der Waals surface area contributed by atoms with Gasteiger partial charge in [-0.05, 0) is 30.4 Å². The first-order chi connectivity index (χ1) is 12.7. The van der Waals surface area contributed by atoms with Crippen molar-refractivity contribution in [2.45, 2.75) is 57.0 Å². The monoisotopic (exact) mass is 405 g/mol. The molecule has 3 N–H and O–H groups in total. The van der Waals surface area contributed by atoms with Crippen LogP contribution in [0.25, 0.3) is 10.2 Å². The first kappa shape index (κ1) is 18.2. The summed E-state index contributed by atoms with van der Waals surface area (Å²) in [6, 6.07) is 8.63. The van der Waals surface area contributed by atoms with Gasteiger partial charge in [0.2, 0.25) is 0 Å². The van der Waals surface area contributed by atoms with Crippen LogP contribution in [-0.2, 0) is 6.54 Å². The summed E-state index contributed by atoms with van der Waals surface area (Å²) in [4.78, 5) is 7.24. The fraction of sp³-hybridized carbons (Fsp3) is 0.450. The molecule has 0 aromatic carbocycles. The standard InChI is InChI=1S/C20H24ClN3S2/c21-19-11-16(23-12-13-6-5-9-25-13)20-17(24-19)10-18(26-20)14-7-3-1-2-4-8-15(14)22/h5-6,9-11,14-15H,1-4,7-8,12,22H2,(H,23,24)/t14-,15+/m1/s1. The van der Waals surface area contributed by atoms with Crippen LogP contribution in [0.15, 0.2) is 29.6 Å². The third-order valence-corrected chi connectivity index (χ3v) is 7.54. The van der Waals surface area contributed by atoms with Gasteiger partial charge in [0, 0.05) is 34.3 Å². The fourth-order valence-electron chi connectivity index (χ4n) is 3.78. The van der Waals surface area contributed by atoms with Gasteiger partial charge >= 0.3 is 0 Å². The van der Waals surface area contributed by atoms with Crippen LogP contribution < -0.4 is 11.1 Å². The molecule has 3 nitrogen and oxygen atoms in total. The molecule has 0 amide bonds. The average molecular weight is 406 g/mol. The van der Waals surface area contributed by atoms with Gasteiger partial charge < -0.3 is 11.1 Å². The summed E-state index contributed by atoms with van der Waals surface area (Å²) in [6.45, 7) is 0.809. The minimum atomic E-state index is 0.251. The highest BCUT2D eigenvalue weighted by molar-refractivity contribution is 7.19. The van der Waals surface area contributed by atoms with E-state index in [1.165, 1.54) is 46.6 Å². The molecule has 2 atom stereocenters. The van der Waals surface area contributed by atoms with Gasteiger partial charge in [-0.25, -0.2) is 4.98 Å². The van der Waals surface area contributed by atoms with Crippen molar-refractivity contribution < 1.29 is 0 Å². The van der Waals surface area contributed by atoms with Crippen molar-refractivity contribution in [1.29, 1.82) is 0 Å². The van der Waals surface area contributed by atoms with Gasteiger partial charge in [-0.3, -0.25) is 0 Å². The van der Waals surface area contributed by atoms with Gasteiger partial charge in [0.15, 0.2) is 0 Å². The zero-order valence-corrected chi connectivity index (χ0v) is 17.1. The highest BCUT2D eigenvalue weighted by atomic mass is 35.5. The minimum Gasteiger partial charge on any atom is -0.379 e. The van der Waals surface area contributed by atoms with Gasteiger partial charge in [-0.15, -0.1) is 22.7 Å². The zero-order valence-electron chi connectivity index (χ0n) is 14.7. The highest BCUT2D eigenvalue weighted by Crippen LogP contribution is 2.40. The van der Waals surface area contributed by atoms with Gasteiger partial charge in [0.25, 0.3) is 0 Å². The number of pyridine rings is 1. The van der Waals surface area contributed by atoms with Gasteiger partial charge in [-0.2, -0.15) is 0 Å². The van der Waals surface area contributed by atoms with Crippen molar-refractivity contribution in [2.75, 3.05) is 5.32 Å². The maximum Gasteiger partial charge on any atom is 0.131 e. The Bertz CT molecular complexity index is 859. The smallest absolute Gasteiger partial charge is 0.131 e. The van der Waals surface area contributed by atoms with Crippen molar-refractivity contribution in [3.05, 3.63) is 44.6 Å². The second-order valence-corrected chi connectivity index (χ2v) is 9.55. The number of halogens is 1. The molecule has 3 aromatic heterocycles. The molecule has 0 bridgehead atoms. The van der Waals surface area contributed by atoms with Crippen molar-refractivity contribution in [1.82, 2.24) is 4.98 Å². The van der Waals surface area contributed by atoms with Crippen LogP contribution in [0.1, 0.15) is 54.2 Å². The number of thiophene rings is 2. The Labute approximate surface area is 167 Å². The van der Waals surface area contributed by atoms with Crippen molar-refractivity contribution >= 4 is 50.2 Å². The molecule has 3 heterocycles. The minimum absolute atomic E-state index is 0.251. The number of anilines is 1. The lowest BCUT2D eigenvalue weighted by molar-refractivity contribution is 0.408. The average Bonchev–Trinajstić information content (AvgIpc) is 3.25. The van der Waals surface area contributed by atoms with E-state index in [0.29, 0.717) is 11.1 Å². The molecule has 0 spiro atoms. The largest absolute Gasteiger partial charge is 0.379 e. The maximum absolute atomic E-state index is 6.54. The highest BCUT2D eigenvalue weighted by Gasteiger charge is 2.24. The van der Waals surface area contributed by atoms with Crippen molar-refractivity contribution in [3.63, 3.8) is 0 Å². The summed E-state index contributed by atoms with van der Waals surface area (Å²) in [5.74, 6) is 0.443. The number of rotatable bonds is 4. The van der Waals surface area contributed by atoms with E-state index in [-0.39, 0.29) is 6.04 Å². The first-order valence-electron chi connectivity index (χ1n) is 9.32. The van der Waals surface area contributed by atoms with Crippen LogP contribution in [0.3, 0.4) is 0 Å². The zero-order chi connectivity index (χ0) is 17.9. The number of hydrogen-bond donors (Lipinski definition) is 2. The van der Waals surface area contributed by atoms with E-state index in [1.54, 1.807) is 11.3 Å². The van der Waals surface area contributed by atoms with E-state index in [0.717, 1.165) is 24.2 Å². The predicted octanol–water partition coefficient (Wildman–Crippen LogP) is 6.39.